The molecule has 0 aliphatic carbocycles. The highest BCUT2D eigenvalue weighted by atomic mass is 16.3. The Morgan fingerprint density at radius 1 is 1.36 bits per heavy atom. The number of aliphatic hydroxyl groups is 2. The second-order valence-corrected chi connectivity index (χ2v) is 3.66. The van der Waals surface area contributed by atoms with Gasteiger partial charge in [0.2, 0.25) is 5.91 Å². The van der Waals surface area contributed by atoms with Crippen molar-refractivity contribution in [2.24, 2.45) is 0 Å². The molecule has 0 unspecified atom stereocenters. The zero-order valence-corrected chi connectivity index (χ0v) is 9.00. The number of carbonyl (C=O) groups is 1. The summed E-state index contributed by atoms with van der Waals surface area (Å²) in [4.78, 5) is 11.3. The van der Waals surface area contributed by atoms with Crippen LogP contribution in [0.5, 0.6) is 0 Å². The molecule has 82 valence electrons. The van der Waals surface area contributed by atoms with E-state index in [1.807, 2.05) is 13.8 Å². The number of hydrogen-bond donors (Lipinski definition) is 3. The molecule has 0 aromatic rings. The summed E-state index contributed by atoms with van der Waals surface area (Å²) in [7, 11) is 0. The molecule has 0 saturated heterocycles. The van der Waals surface area contributed by atoms with Crippen molar-refractivity contribution < 1.29 is 15.0 Å². The summed E-state index contributed by atoms with van der Waals surface area (Å²) >= 11 is 0. The van der Waals surface area contributed by atoms with Gasteiger partial charge in [0.15, 0.2) is 0 Å². The van der Waals surface area contributed by atoms with Gasteiger partial charge in [0, 0.05) is 6.08 Å². The number of amides is 1. The topological polar surface area (TPSA) is 69.6 Å². The van der Waals surface area contributed by atoms with Gasteiger partial charge in [-0.3, -0.25) is 4.79 Å². The molecule has 0 saturated carbocycles. The van der Waals surface area contributed by atoms with Gasteiger partial charge in [-0.25, -0.2) is 0 Å². The first kappa shape index (κ1) is 13.1. The quantitative estimate of drug-likeness (QED) is 0.557. The Labute approximate surface area is 84.6 Å². The number of carbonyl (C=O) groups excluding carboxylic acids is 1. The minimum absolute atomic E-state index is 0.262. The van der Waals surface area contributed by atoms with Gasteiger partial charge in [-0.1, -0.05) is 12.5 Å². The molecule has 3 N–H and O–H groups in total. The lowest BCUT2D eigenvalue weighted by Gasteiger charge is -2.29. The molecule has 0 aromatic carbocycles. The van der Waals surface area contributed by atoms with Gasteiger partial charge in [-0.2, -0.15) is 0 Å². The third-order valence-electron chi connectivity index (χ3n) is 2.09. The van der Waals surface area contributed by atoms with Gasteiger partial charge in [0.25, 0.3) is 0 Å². The van der Waals surface area contributed by atoms with E-state index in [0.29, 0.717) is 6.42 Å². The molecule has 14 heavy (non-hydrogen) atoms. The van der Waals surface area contributed by atoms with Crippen LogP contribution in [0, 0.1) is 0 Å². The van der Waals surface area contributed by atoms with Crippen molar-refractivity contribution in [2.45, 2.75) is 32.7 Å². The molecule has 1 amide bonds. The summed E-state index contributed by atoms with van der Waals surface area (Å²) in [6.45, 7) is 4.90. The molecule has 0 atom stereocenters. The molecule has 0 spiro atoms. The Bertz CT molecular complexity index is 207. The minimum atomic E-state index is -0.900. The summed E-state index contributed by atoms with van der Waals surface area (Å²) < 4.78 is 0. The van der Waals surface area contributed by atoms with Crippen molar-refractivity contribution in [1.29, 1.82) is 0 Å². The molecule has 0 bridgehead atoms. The van der Waals surface area contributed by atoms with E-state index in [1.54, 1.807) is 6.92 Å². The van der Waals surface area contributed by atoms with Gasteiger partial charge < -0.3 is 15.5 Å². The maximum atomic E-state index is 11.3. The Balaban J connectivity index is 4.45. The van der Waals surface area contributed by atoms with Crippen LogP contribution in [0.15, 0.2) is 11.6 Å². The monoisotopic (exact) mass is 201 g/mol. The fourth-order valence-corrected chi connectivity index (χ4v) is 1.00. The average Bonchev–Trinajstić information content (AvgIpc) is 2.13. The lowest BCUT2D eigenvalue weighted by molar-refractivity contribution is -0.119. The van der Waals surface area contributed by atoms with E-state index in [4.69, 9.17) is 10.2 Å². The van der Waals surface area contributed by atoms with Crippen LogP contribution in [0.1, 0.15) is 27.2 Å². The van der Waals surface area contributed by atoms with E-state index < -0.39 is 5.54 Å². The molecule has 0 heterocycles. The summed E-state index contributed by atoms with van der Waals surface area (Å²) in [5, 5.41) is 20.7. The Hall–Kier alpha value is -0.870. The van der Waals surface area contributed by atoms with Gasteiger partial charge in [-0.15, -0.1) is 0 Å². The number of rotatable bonds is 5. The minimum Gasteiger partial charge on any atom is -0.394 e. The summed E-state index contributed by atoms with van der Waals surface area (Å²) in [5.74, 6) is -0.282. The maximum absolute atomic E-state index is 11.3. The van der Waals surface area contributed by atoms with E-state index in [9.17, 15) is 4.79 Å². The van der Waals surface area contributed by atoms with Gasteiger partial charge >= 0.3 is 0 Å². The van der Waals surface area contributed by atoms with Crippen LogP contribution >= 0.6 is 0 Å². The van der Waals surface area contributed by atoms with Crippen LogP contribution < -0.4 is 5.32 Å². The van der Waals surface area contributed by atoms with Gasteiger partial charge in [-0.05, 0) is 20.3 Å². The molecule has 4 nitrogen and oxygen atoms in total. The highest BCUT2D eigenvalue weighted by Crippen LogP contribution is 2.08. The van der Waals surface area contributed by atoms with Crippen LogP contribution in [0.4, 0.5) is 0 Å². The number of allylic oxidation sites excluding steroid dienone is 1. The summed E-state index contributed by atoms with van der Waals surface area (Å²) in [6.07, 6.45) is 1.93. The van der Waals surface area contributed by atoms with Crippen molar-refractivity contribution in [2.75, 3.05) is 13.2 Å². The first-order chi connectivity index (χ1) is 6.49. The second-order valence-electron chi connectivity index (χ2n) is 3.66. The molecule has 0 radical (unpaired) electrons. The molecule has 0 aliphatic rings. The average molecular weight is 201 g/mol. The Morgan fingerprint density at radius 2 is 1.86 bits per heavy atom. The Kier molecular flexibility index (Phi) is 5.42. The molecule has 0 aliphatic heterocycles. The van der Waals surface area contributed by atoms with Crippen LogP contribution in [0.3, 0.4) is 0 Å². The van der Waals surface area contributed by atoms with E-state index in [1.165, 1.54) is 6.08 Å². The Morgan fingerprint density at radius 3 is 2.14 bits per heavy atom. The van der Waals surface area contributed by atoms with Crippen LogP contribution in [-0.2, 0) is 4.79 Å². The van der Waals surface area contributed by atoms with Gasteiger partial charge in [0.05, 0.1) is 18.8 Å². The van der Waals surface area contributed by atoms with E-state index >= 15 is 0 Å². The zero-order chi connectivity index (χ0) is 11.2. The normalized spacial score (nSPS) is 10.9. The van der Waals surface area contributed by atoms with Gasteiger partial charge in [0.1, 0.15) is 0 Å². The van der Waals surface area contributed by atoms with Crippen molar-refractivity contribution in [3.8, 4) is 0 Å². The highest BCUT2D eigenvalue weighted by molar-refractivity contribution is 5.88. The molecule has 0 aromatic heterocycles. The van der Waals surface area contributed by atoms with Crippen LogP contribution in [0.25, 0.3) is 0 Å². The molecule has 0 rings (SSSR count). The van der Waals surface area contributed by atoms with Crippen molar-refractivity contribution >= 4 is 5.91 Å². The van der Waals surface area contributed by atoms with Crippen LogP contribution in [-0.4, -0.2) is 34.9 Å². The van der Waals surface area contributed by atoms with Crippen molar-refractivity contribution in [1.82, 2.24) is 5.32 Å². The maximum Gasteiger partial charge on any atom is 0.244 e. The first-order valence-electron chi connectivity index (χ1n) is 4.68. The van der Waals surface area contributed by atoms with E-state index in [-0.39, 0.29) is 19.1 Å². The summed E-state index contributed by atoms with van der Waals surface area (Å²) in [5.41, 5.74) is -0.0216. The number of nitrogens with one attached hydrogen (secondary N) is 1. The SMILES string of the molecule is CCC(CO)(CO)NC(=O)C=C(C)C. The third kappa shape index (κ3) is 3.89. The molecular formula is C10H19NO3. The summed E-state index contributed by atoms with van der Waals surface area (Å²) in [6, 6.07) is 0. The molecule has 4 heteroatoms. The first-order valence-corrected chi connectivity index (χ1v) is 4.68. The fraction of sp³-hybridized carbons (Fsp3) is 0.700. The van der Waals surface area contributed by atoms with Crippen molar-refractivity contribution in [3.05, 3.63) is 11.6 Å². The van der Waals surface area contributed by atoms with E-state index in [2.05, 4.69) is 5.32 Å². The zero-order valence-electron chi connectivity index (χ0n) is 9.00. The predicted molar refractivity (Wildman–Crippen MR) is 54.8 cm³/mol. The smallest absolute Gasteiger partial charge is 0.244 e. The highest BCUT2D eigenvalue weighted by Gasteiger charge is 2.27. The lowest BCUT2D eigenvalue weighted by atomic mass is 9.98. The predicted octanol–water partition coefficient (Wildman–Crippen LogP) is 0.202. The number of aliphatic hydroxyl groups excluding tert-OH is 2. The standard InChI is InChI=1S/C10H19NO3/c1-4-10(6-12,7-13)11-9(14)5-8(2)3/h5,12-13H,4,6-7H2,1-3H3,(H,11,14). The number of hydrogen-bond acceptors (Lipinski definition) is 3. The van der Waals surface area contributed by atoms with Crippen molar-refractivity contribution in [3.63, 3.8) is 0 Å². The van der Waals surface area contributed by atoms with E-state index in [0.717, 1.165) is 5.57 Å². The molecular weight excluding hydrogens is 182 g/mol. The second kappa shape index (κ2) is 5.78. The lowest BCUT2D eigenvalue weighted by Crippen LogP contribution is -2.53. The fourth-order valence-electron chi connectivity index (χ4n) is 1.00. The largest absolute Gasteiger partial charge is 0.394 e. The molecule has 0 fully saturated rings. The third-order valence-corrected chi connectivity index (χ3v) is 2.09. The van der Waals surface area contributed by atoms with Crippen LogP contribution in [0.2, 0.25) is 0 Å².